The first-order chi connectivity index (χ1) is 8.31. The van der Waals surface area contributed by atoms with Gasteiger partial charge >= 0.3 is 6.18 Å². The molecule has 7 heteroatoms. The molecule has 1 aliphatic heterocycles. The van der Waals surface area contributed by atoms with Gasteiger partial charge in [-0.15, -0.1) is 0 Å². The van der Waals surface area contributed by atoms with Crippen LogP contribution in [0.15, 0.2) is 22.7 Å². The summed E-state index contributed by atoms with van der Waals surface area (Å²) in [4.78, 5) is 24.1. The highest BCUT2D eigenvalue weighted by molar-refractivity contribution is 9.10. The van der Waals surface area contributed by atoms with Crippen molar-refractivity contribution >= 4 is 33.3 Å². The van der Waals surface area contributed by atoms with Crippen molar-refractivity contribution < 1.29 is 22.8 Å². The smallest absolute Gasteiger partial charge is 0.303 e. The minimum Gasteiger partial charge on any atom is -0.303 e. The molecule has 0 spiro atoms. The Bertz CT molecular complexity index is 528. The highest BCUT2D eigenvalue weighted by Crippen LogP contribution is 2.36. The van der Waals surface area contributed by atoms with Gasteiger partial charge in [-0.3, -0.25) is 9.59 Å². The highest BCUT2D eigenvalue weighted by Gasteiger charge is 2.39. The van der Waals surface area contributed by atoms with Crippen molar-refractivity contribution in [2.24, 2.45) is 0 Å². The van der Waals surface area contributed by atoms with E-state index in [1.54, 1.807) is 12.1 Å². The molecule has 1 amide bonds. The highest BCUT2D eigenvalue weighted by atomic mass is 79.9. The average Bonchev–Trinajstić information content (AvgIpc) is 2.51. The first-order valence-electron chi connectivity index (χ1n) is 5.03. The minimum absolute atomic E-state index is 0.136. The maximum Gasteiger partial charge on any atom is 0.390 e. The van der Waals surface area contributed by atoms with E-state index < -0.39 is 30.8 Å². The second-order valence-corrected chi connectivity index (χ2v) is 4.64. The van der Waals surface area contributed by atoms with Gasteiger partial charge < -0.3 is 4.90 Å². The Hall–Kier alpha value is -1.37. The Morgan fingerprint density at radius 2 is 1.89 bits per heavy atom. The molecule has 0 aromatic heterocycles. The average molecular weight is 322 g/mol. The maximum absolute atomic E-state index is 12.2. The Morgan fingerprint density at radius 3 is 2.50 bits per heavy atom. The number of Topliss-reactive ketones (excluding diaryl/α,β-unsaturated/α-hetero) is 1. The molecule has 1 aliphatic rings. The second-order valence-electron chi connectivity index (χ2n) is 3.79. The summed E-state index contributed by atoms with van der Waals surface area (Å²) in [5.74, 6) is -1.69. The van der Waals surface area contributed by atoms with E-state index in [0.717, 1.165) is 4.90 Å². The van der Waals surface area contributed by atoms with Gasteiger partial charge in [-0.1, -0.05) is 6.07 Å². The van der Waals surface area contributed by atoms with E-state index in [0.29, 0.717) is 4.47 Å². The molecule has 1 heterocycles. The number of carbonyl (C=O) groups is 2. The van der Waals surface area contributed by atoms with Gasteiger partial charge in [0.25, 0.3) is 11.7 Å². The summed E-state index contributed by atoms with van der Waals surface area (Å²) in [7, 11) is 0. The van der Waals surface area contributed by atoms with Crippen LogP contribution in [0.25, 0.3) is 0 Å². The number of nitrogens with zero attached hydrogens (tertiary/aromatic N) is 1. The van der Waals surface area contributed by atoms with Gasteiger partial charge in [0.05, 0.1) is 17.7 Å². The summed E-state index contributed by atoms with van der Waals surface area (Å²) in [6, 6.07) is 4.56. The summed E-state index contributed by atoms with van der Waals surface area (Å²) in [6.45, 7) is -0.552. The lowest BCUT2D eigenvalue weighted by atomic mass is 10.1. The normalized spacial score (nSPS) is 15.2. The Balaban J connectivity index is 2.34. The summed E-state index contributed by atoms with van der Waals surface area (Å²) in [5.41, 5.74) is 0.355. The molecule has 1 aromatic rings. The van der Waals surface area contributed by atoms with Crippen molar-refractivity contribution in [2.75, 3.05) is 11.4 Å². The largest absolute Gasteiger partial charge is 0.390 e. The molecule has 0 fully saturated rings. The second kappa shape index (κ2) is 4.38. The van der Waals surface area contributed by atoms with Gasteiger partial charge in [0.15, 0.2) is 0 Å². The molecular weight excluding hydrogens is 315 g/mol. The molecule has 0 N–H and O–H groups in total. The number of hydrogen-bond donors (Lipinski definition) is 0. The fourth-order valence-corrected chi connectivity index (χ4v) is 2.34. The minimum atomic E-state index is -4.37. The number of alkyl halides is 3. The molecule has 0 unspecified atom stereocenters. The number of rotatable bonds is 2. The van der Waals surface area contributed by atoms with Crippen molar-refractivity contribution in [1.29, 1.82) is 0 Å². The number of anilines is 1. The lowest BCUT2D eigenvalue weighted by Crippen LogP contribution is -2.33. The first kappa shape index (κ1) is 13.1. The predicted molar refractivity (Wildman–Crippen MR) is 61.5 cm³/mol. The molecule has 0 saturated heterocycles. The van der Waals surface area contributed by atoms with E-state index in [4.69, 9.17) is 0 Å². The quantitative estimate of drug-likeness (QED) is 0.785. The molecule has 0 bridgehead atoms. The number of fused-ring (bicyclic) bond motifs is 1. The van der Waals surface area contributed by atoms with Crippen molar-refractivity contribution in [3.8, 4) is 0 Å². The third-order valence-electron chi connectivity index (χ3n) is 2.56. The van der Waals surface area contributed by atoms with Gasteiger partial charge in [-0.25, -0.2) is 0 Å². The zero-order valence-electron chi connectivity index (χ0n) is 8.92. The van der Waals surface area contributed by atoms with E-state index in [-0.39, 0.29) is 11.3 Å². The lowest BCUT2D eigenvalue weighted by molar-refractivity contribution is -0.133. The van der Waals surface area contributed by atoms with Crippen LogP contribution < -0.4 is 4.90 Å². The molecule has 0 saturated carbocycles. The van der Waals surface area contributed by atoms with E-state index in [1.807, 2.05) is 0 Å². The van der Waals surface area contributed by atoms with Gasteiger partial charge in [-0.05, 0) is 28.1 Å². The molecule has 1 aromatic carbocycles. The Morgan fingerprint density at radius 1 is 1.22 bits per heavy atom. The molecule has 96 valence electrons. The summed E-state index contributed by atoms with van der Waals surface area (Å²) in [5, 5.41) is 0. The zero-order chi connectivity index (χ0) is 13.5. The van der Waals surface area contributed by atoms with E-state index in [9.17, 15) is 22.8 Å². The van der Waals surface area contributed by atoms with Crippen molar-refractivity contribution in [2.45, 2.75) is 12.6 Å². The van der Waals surface area contributed by atoms with Crippen LogP contribution in [0, 0.1) is 0 Å². The molecule has 0 atom stereocenters. The van der Waals surface area contributed by atoms with Crippen LogP contribution in [0.4, 0.5) is 18.9 Å². The molecule has 0 aliphatic carbocycles. The topological polar surface area (TPSA) is 37.4 Å². The summed E-state index contributed by atoms with van der Waals surface area (Å²) in [6.07, 6.45) is -5.51. The molecule has 3 nitrogen and oxygen atoms in total. The third kappa shape index (κ3) is 2.27. The van der Waals surface area contributed by atoms with Crippen molar-refractivity contribution in [3.63, 3.8) is 0 Å². The van der Waals surface area contributed by atoms with Gasteiger partial charge in [-0.2, -0.15) is 13.2 Å². The van der Waals surface area contributed by atoms with Gasteiger partial charge in [0.1, 0.15) is 0 Å². The number of para-hydroxylation sites is 1. The van der Waals surface area contributed by atoms with Crippen LogP contribution in [-0.4, -0.2) is 24.4 Å². The fourth-order valence-electron chi connectivity index (χ4n) is 1.76. The predicted octanol–water partition coefficient (Wildman–Crippen LogP) is 2.93. The number of hydrogen-bond acceptors (Lipinski definition) is 2. The standard InChI is InChI=1S/C11H7BrF3NO2/c12-7-3-1-2-6-8(7)16(10(18)9(6)17)5-4-11(13,14)15/h1-3H,4-5H2. The van der Waals surface area contributed by atoms with Crippen molar-refractivity contribution in [3.05, 3.63) is 28.2 Å². The third-order valence-corrected chi connectivity index (χ3v) is 3.20. The van der Waals surface area contributed by atoms with Gasteiger partial charge in [0, 0.05) is 11.0 Å². The zero-order valence-corrected chi connectivity index (χ0v) is 10.5. The number of benzene rings is 1. The van der Waals surface area contributed by atoms with Crippen LogP contribution in [0.3, 0.4) is 0 Å². The van der Waals surface area contributed by atoms with Crippen LogP contribution in [-0.2, 0) is 4.79 Å². The van der Waals surface area contributed by atoms with E-state index in [2.05, 4.69) is 15.9 Å². The Labute approximate surface area is 109 Å². The van der Waals surface area contributed by atoms with E-state index in [1.165, 1.54) is 6.07 Å². The molecule has 2 rings (SSSR count). The Kier molecular flexibility index (Phi) is 3.18. The molecule has 18 heavy (non-hydrogen) atoms. The monoisotopic (exact) mass is 321 g/mol. The summed E-state index contributed by atoms with van der Waals surface area (Å²) >= 11 is 3.14. The lowest BCUT2D eigenvalue weighted by Gasteiger charge is -2.18. The number of ketones is 1. The molecule has 0 radical (unpaired) electrons. The van der Waals surface area contributed by atoms with Crippen LogP contribution in [0.5, 0.6) is 0 Å². The number of halogens is 4. The number of carbonyl (C=O) groups excluding carboxylic acids is 2. The SMILES string of the molecule is O=C1C(=O)N(CCC(F)(F)F)c2c(Br)cccc21. The van der Waals surface area contributed by atoms with Crippen LogP contribution in [0.1, 0.15) is 16.8 Å². The van der Waals surface area contributed by atoms with Gasteiger partial charge in [0.2, 0.25) is 0 Å². The van der Waals surface area contributed by atoms with Crippen LogP contribution >= 0.6 is 15.9 Å². The first-order valence-corrected chi connectivity index (χ1v) is 5.82. The fraction of sp³-hybridized carbons (Fsp3) is 0.273. The van der Waals surface area contributed by atoms with Crippen molar-refractivity contribution in [1.82, 2.24) is 0 Å². The molecular formula is C11H7BrF3NO2. The summed E-state index contributed by atoms with van der Waals surface area (Å²) < 4.78 is 37.0. The maximum atomic E-state index is 12.2. The van der Waals surface area contributed by atoms with E-state index >= 15 is 0 Å². The number of amides is 1. The van der Waals surface area contributed by atoms with Crippen LogP contribution in [0.2, 0.25) is 0 Å².